The zero-order chi connectivity index (χ0) is 12.7. The van der Waals surface area contributed by atoms with Crippen LogP contribution in [0.25, 0.3) is 10.9 Å². The van der Waals surface area contributed by atoms with E-state index in [0.717, 1.165) is 18.4 Å². The lowest BCUT2D eigenvalue weighted by Crippen LogP contribution is -2.24. The van der Waals surface area contributed by atoms with Crippen molar-refractivity contribution >= 4 is 16.7 Å². The summed E-state index contributed by atoms with van der Waals surface area (Å²) < 4.78 is 15.1. The van der Waals surface area contributed by atoms with Gasteiger partial charge in [-0.25, -0.2) is 4.39 Å². The standard InChI is InChI=1S/C14H15FN2O/c1-17-8-12(14(18)7-16-10-3-4-10)11-6-9(15)2-5-13(11)17/h2,5-6,8,10,16H,3-4,7H2,1H3. The molecule has 0 radical (unpaired) electrons. The van der Waals surface area contributed by atoms with Crippen molar-refractivity contribution in [3.8, 4) is 0 Å². The Balaban J connectivity index is 1.94. The minimum atomic E-state index is -0.307. The van der Waals surface area contributed by atoms with Crippen LogP contribution in [-0.2, 0) is 7.05 Å². The predicted molar refractivity (Wildman–Crippen MR) is 68.2 cm³/mol. The van der Waals surface area contributed by atoms with Crippen LogP contribution in [0.15, 0.2) is 24.4 Å². The molecule has 1 heterocycles. The van der Waals surface area contributed by atoms with Crippen molar-refractivity contribution in [2.75, 3.05) is 6.54 Å². The fourth-order valence-electron chi connectivity index (χ4n) is 2.21. The highest BCUT2D eigenvalue weighted by atomic mass is 19.1. The molecule has 1 N–H and O–H groups in total. The fourth-order valence-corrected chi connectivity index (χ4v) is 2.21. The second kappa shape index (κ2) is 4.21. The molecule has 1 aliphatic carbocycles. The molecule has 1 saturated carbocycles. The van der Waals surface area contributed by atoms with Gasteiger partial charge in [-0.3, -0.25) is 4.79 Å². The Bertz CT molecular complexity index is 614. The van der Waals surface area contributed by atoms with Crippen molar-refractivity contribution in [1.29, 1.82) is 0 Å². The molecule has 0 atom stereocenters. The number of ketones is 1. The van der Waals surface area contributed by atoms with Gasteiger partial charge in [0.05, 0.1) is 6.54 Å². The van der Waals surface area contributed by atoms with Gasteiger partial charge in [0.25, 0.3) is 0 Å². The van der Waals surface area contributed by atoms with E-state index in [1.807, 2.05) is 11.6 Å². The smallest absolute Gasteiger partial charge is 0.178 e. The Morgan fingerprint density at radius 1 is 1.50 bits per heavy atom. The number of hydrogen-bond donors (Lipinski definition) is 1. The number of halogens is 1. The summed E-state index contributed by atoms with van der Waals surface area (Å²) in [7, 11) is 1.87. The van der Waals surface area contributed by atoms with Gasteiger partial charge in [-0.2, -0.15) is 0 Å². The molecule has 1 aromatic heterocycles. The largest absolute Gasteiger partial charge is 0.350 e. The molecule has 1 fully saturated rings. The van der Waals surface area contributed by atoms with Crippen LogP contribution in [0.2, 0.25) is 0 Å². The Labute approximate surface area is 105 Å². The first-order valence-electron chi connectivity index (χ1n) is 6.16. The number of nitrogens with one attached hydrogen (secondary N) is 1. The Kier molecular flexibility index (Phi) is 2.67. The van der Waals surface area contributed by atoms with Gasteiger partial charge in [-0.1, -0.05) is 0 Å². The van der Waals surface area contributed by atoms with Gasteiger partial charge >= 0.3 is 0 Å². The summed E-state index contributed by atoms with van der Waals surface area (Å²) in [6, 6.07) is 5.05. The molecule has 18 heavy (non-hydrogen) atoms. The first kappa shape index (κ1) is 11.4. The summed E-state index contributed by atoms with van der Waals surface area (Å²) in [4.78, 5) is 12.1. The van der Waals surface area contributed by atoms with E-state index in [9.17, 15) is 9.18 Å². The van der Waals surface area contributed by atoms with E-state index >= 15 is 0 Å². The van der Waals surface area contributed by atoms with Crippen LogP contribution >= 0.6 is 0 Å². The number of aryl methyl sites for hydroxylation is 1. The van der Waals surface area contributed by atoms with E-state index in [-0.39, 0.29) is 11.6 Å². The van der Waals surface area contributed by atoms with Crippen LogP contribution in [0.4, 0.5) is 4.39 Å². The van der Waals surface area contributed by atoms with E-state index in [1.165, 1.54) is 12.1 Å². The third-order valence-corrected chi connectivity index (χ3v) is 3.38. The summed E-state index contributed by atoms with van der Waals surface area (Å²) in [5.41, 5.74) is 1.48. The van der Waals surface area contributed by atoms with Crippen molar-refractivity contribution in [3.05, 3.63) is 35.8 Å². The van der Waals surface area contributed by atoms with Gasteiger partial charge in [0, 0.05) is 35.8 Å². The molecule has 0 aliphatic heterocycles. The van der Waals surface area contributed by atoms with Gasteiger partial charge in [-0.05, 0) is 31.0 Å². The van der Waals surface area contributed by atoms with Gasteiger partial charge in [0.1, 0.15) is 5.82 Å². The average Bonchev–Trinajstić information content (AvgIpc) is 3.11. The number of rotatable bonds is 4. The van der Waals surface area contributed by atoms with E-state index in [4.69, 9.17) is 0 Å². The van der Waals surface area contributed by atoms with Crippen molar-refractivity contribution < 1.29 is 9.18 Å². The third-order valence-electron chi connectivity index (χ3n) is 3.38. The molecule has 0 unspecified atom stereocenters. The maximum absolute atomic E-state index is 13.3. The van der Waals surface area contributed by atoms with Crippen molar-refractivity contribution in [2.24, 2.45) is 7.05 Å². The van der Waals surface area contributed by atoms with Crippen molar-refractivity contribution in [1.82, 2.24) is 9.88 Å². The van der Waals surface area contributed by atoms with Crippen molar-refractivity contribution in [3.63, 3.8) is 0 Å². The number of hydrogen-bond acceptors (Lipinski definition) is 2. The highest BCUT2D eigenvalue weighted by Crippen LogP contribution is 2.23. The predicted octanol–water partition coefficient (Wildman–Crippen LogP) is 2.25. The van der Waals surface area contributed by atoms with Gasteiger partial charge in [-0.15, -0.1) is 0 Å². The van der Waals surface area contributed by atoms with Crippen LogP contribution < -0.4 is 5.32 Å². The maximum Gasteiger partial charge on any atom is 0.178 e. The van der Waals surface area contributed by atoms with E-state index in [1.54, 1.807) is 12.3 Å². The highest BCUT2D eigenvalue weighted by Gasteiger charge is 2.22. The zero-order valence-corrected chi connectivity index (χ0v) is 10.2. The summed E-state index contributed by atoms with van der Waals surface area (Å²) in [6.45, 7) is 0.334. The average molecular weight is 246 g/mol. The molecule has 4 heteroatoms. The molecule has 3 rings (SSSR count). The van der Waals surface area contributed by atoms with Crippen LogP contribution in [0, 0.1) is 5.82 Å². The first-order valence-corrected chi connectivity index (χ1v) is 6.16. The quantitative estimate of drug-likeness (QED) is 0.840. The Morgan fingerprint density at radius 3 is 3.00 bits per heavy atom. The van der Waals surface area contributed by atoms with Gasteiger partial charge in [0.2, 0.25) is 0 Å². The lowest BCUT2D eigenvalue weighted by atomic mass is 10.1. The van der Waals surface area contributed by atoms with Gasteiger partial charge in [0.15, 0.2) is 5.78 Å². The first-order chi connectivity index (χ1) is 8.65. The number of fused-ring (bicyclic) bond motifs is 1. The molecular weight excluding hydrogens is 231 g/mol. The number of benzene rings is 1. The van der Waals surface area contributed by atoms with Crippen LogP contribution in [0.3, 0.4) is 0 Å². The second-order valence-corrected chi connectivity index (χ2v) is 4.89. The minimum absolute atomic E-state index is 0.0260. The lowest BCUT2D eigenvalue weighted by Gasteiger charge is -2.01. The number of carbonyl (C=O) groups excluding carboxylic acids is 1. The van der Waals surface area contributed by atoms with Crippen molar-refractivity contribution in [2.45, 2.75) is 18.9 Å². The molecule has 0 saturated heterocycles. The molecule has 1 aliphatic rings. The molecule has 3 nitrogen and oxygen atoms in total. The number of nitrogens with zero attached hydrogens (tertiary/aromatic N) is 1. The topological polar surface area (TPSA) is 34.0 Å². The maximum atomic E-state index is 13.3. The minimum Gasteiger partial charge on any atom is -0.350 e. The Hall–Kier alpha value is -1.68. The molecule has 0 bridgehead atoms. The zero-order valence-electron chi connectivity index (χ0n) is 10.2. The number of Topliss-reactive ketones (excluding diaryl/α,β-unsaturated/α-hetero) is 1. The summed E-state index contributed by atoms with van der Waals surface area (Å²) in [5, 5.41) is 3.89. The van der Waals surface area contributed by atoms with E-state index in [2.05, 4.69) is 5.32 Å². The van der Waals surface area contributed by atoms with E-state index in [0.29, 0.717) is 23.5 Å². The van der Waals surface area contributed by atoms with E-state index < -0.39 is 0 Å². The lowest BCUT2D eigenvalue weighted by molar-refractivity contribution is 0.0992. The fraction of sp³-hybridized carbons (Fsp3) is 0.357. The van der Waals surface area contributed by atoms with Gasteiger partial charge < -0.3 is 9.88 Å². The molecule has 0 amide bonds. The summed E-state index contributed by atoms with van der Waals surface area (Å²) in [5.74, 6) is -0.281. The molecular formula is C14H15FN2O. The molecule has 2 aromatic rings. The van der Waals surface area contributed by atoms with Crippen LogP contribution in [-0.4, -0.2) is 22.9 Å². The van der Waals surface area contributed by atoms with Crippen LogP contribution in [0.5, 0.6) is 0 Å². The molecule has 0 spiro atoms. The normalized spacial score (nSPS) is 15.2. The molecule has 1 aromatic carbocycles. The highest BCUT2D eigenvalue weighted by molar-refractivity contribution is 6.09. The summed E-state index contributed by atoms with van der Waals surface area (Å²) >= 11 is 0. The Morgan fingerprint density at radius 2 is 2.28 bits per heavy atom. The number of aromatic nitrogens is 1. The second-order valence-electron chi connectivity index (χ2n) is 4.89. The third kappa shape index (κ3) is 2.04. The number of carbonyl (C=O) groups is 1. The van der Waals surface area contributed by atoms with Crippen LogP contribution in [0.1, 0.15) is 23.2 Å². The monoisotopic (exact) mass is 246 g/mol. The SMILES string of the molecule is Cn1cc(C(=O)CNC2CC2)c2cc(F)ccc21. The summed E-state index contributed by atoms with van der Waals surface area (Å²) in [6.07, 6.45) is 4.08. The molecule has 94 valence electrons.